The van der Waals surface area contributed by atoms with Gasteiger partial charge in [-0.25, -0.2) is 4.98 Å². The van der Waals surface area contributed by atoms with Crippen LogP contribution >= 0.6 is 0 Å². The first-order chi connectivity index (χ1) is 13.1. The predicted molar refractivity (Wildman–Crippen MR) is 105 cm³/mol. The standard InChI is InChI=1S/C20H17N5O2/c1-21-18-11-22-10-16(24-18)13-7-12(19(26)23-9-13)8-15-14-5-3-4-6-17(14)25(2)20(15)27/h3-11H,1-2H3,(H,21,24)(H,23,26)/b15-8-. The maximum Gasteiger partial charge on any atom is 0.258 e. The van der Waals surface area contributed by atoms with Crippen molar-refractivity contribution in [1.29, 1.82) is 0 Å². The van der Waals surface area contributed by atoms with Crippen molar-refractivity contribution in [2.75, 3.05) is 24.3 Å². The zero-order valence-electron chi connectivity index (χ0n) is 14.9. The molecule has 7 nitrogen and oxygen atoms in total. The monoisotopic (exact) mass is 359 g/mol. The molecule has 27 heavy (non-hydrogen) atoms. The van der Waals surface area contributed by atoms with Gasteiger partial charge in [-0.1, -0.05) is 18.2 Å². The molecule has 7 heteroatoms. The molecule has 0 fully saturated rings. The summed E-state index contributed by atoms with van der Waals surface area (Å²) in [5.74, 6) is 0.484. The number of nitrogens with one attached hydrogen (secondary N) is 2. The second-order valence-corrected chi connectivity index (χ2v) is 6.15. The van der Waals surface area contributed by atoms with Crippen LogP contribution in [-0.4, -0.2) is 35.0 Å². The number of rotatable bonds is 3. The van der Waals surface area contributed by atoms with E-state index in [9.17, 15) is 9.59 Å². The molecule has 2 aromatic heterocycles. The normalized spacial score (nSPS) is 14.5. The molecule has 1 aliphatic heterocycles. The lowest BCUT2D eigenvalue weighted by Gasteiger charge is -2.08. The quantitative estimate of drug-likeness (QED) is 0.701. The summed E-state index contributed by atoms with van der Waals surface area (Å²) in [5.41, 5.74) is 3.57. The first-order valence-electron chi connectivity index (χ1n) is 8.40. The van der Waals surface area contributed by atoms with Crippen molar-refractivity contribution < 1.29 is 4.79 Å². The predicted octanol–water partition coefficient (Wildman–Crippen LogP) is 2.39. The molecule has 0 spiro atoms. The smallest absolute Gasteiger partial charge is 0.258 e. The minimum atomic E-state index is -0.274. The Bertz CT molecular complexity index is 1130. The first-order valence-corrected chi connectivity index (χ1v) is 8.40. The van der Waals surface area contributed by atoms with E-state index in [-0.39, 0.29) is 11.5 Å². The molecule has 3 heterocycles. The molecule has 1 aliphatic rings. The summed E-state index contributed by atoms with van der Waals surface area (Å²) >= 11 is 0. The fourth-order valence-electron chi connectivity index (χ4n) is 3.08. The average Bonchev–Trinajstić information content (AvgIpc) is 2.95. The van der Waals surface area contributed by atoms with E-state index in [4.69, 9.17) is 0 Å². The molecule has 4 rings (SSSR count). The van der Waals surface area contributed by atoms with Gasteiger partial charge in [-0.05, 0) is 18.2 Å². The Labute approximate surface area is 155 Å². The Morgan fingerprint density at radius 2 is 2.00 bits per heavy atom. The van der Waals surface area contributed by atoms with Crippen LogP contribution in [0.3, 0.4) is 0 Å². The van der Waals surface area contributed by atoms with Crippen molar-refractivity contribution in [1.82, 2.24) is 15.0 Å². The summed E-state index contributed by atoms with van der Waals surface area (Å²) in [5, 5.41) is 2.94. The van der Waals surface area contributed by atoms with Crippen LogP contribution in [0.15, 0.2) is 53.7 Å². The summed E-state index contributed by atoms with van der Waals surface area (Å²) in [6.07, 6.45) is 6.45. The highest BCUT2D eigenvalue weighted by atomic mass is 16.2. The van der Waals surface area contributed by atoms with Crippen molar-refractivity contribution in [3.8, 4) is 11.3 Å². The number of anilines is 2. The van der Waals surface area contributed by atoms with E-state index in [0.717, 1.165) is 11.3 Å². The van der Waals surface area contributed by atoms with E-state index in [1.807, 2.05) is 24.3 Å². The van der Waals surface area contributed by atoms with Crippen molar-refractivity contribution in [2.45, 2.75) is 0 Å². The highest BCUT2D eigenvalue weighted by molar-refractivity contribution is 6.35. The third-order valence-corrected chi connectivity index (χ3v) is 4.51. The Hall–Kier alpha value is -3.74. The van der Waals surface area contributed by atoms with Crippen LogP contribution in [0.25, 0.3) is 22.9 Å². The van der Waals surface area contributed by atoms with E-state index in [0.29, 0.717) is 28.2 Å². The number of carbonyl (C=O) groups is 1. The lowest BCUT2D eigenvalue weighted by molar-refractivity contribution is -0.112. The summed E-state index contributed by atoms with van der Waals surface area (Å²) in [7, 11) is 3.48. The Morgan fingerprint density at radius 3 is 2.81 bits per heavy atom. The number of aromatic amines is 1. The number of pyridine rings is 1. The number of benzene rings is 1. The van der Waals surface area contributed by atoms with Crippen LogP contribution in [0.2, 0.25) is 0 Å². The Kier molecular flexibility index (Phi) is 4.04. The van der Waals surface area contributed by atoms with Gasteiger partial charge < -0.3 is 15.2 Å². The zero-order chi connectivity index (χ0) is 19.0. The van der Waals surface area contributed by atoms with Gasteiger partial charge >= 0.3 is 0 Å². The minimum absolute atomic E-state index is 0.141. The molecule has 134 valence electrons. The molecule has 3 aromatic rings. The van der Waals surface area contributed by atoms with Gasteiger partial charge in [0.05, 0.1) is 29.3 Å². The maximum atomic E-state index is 12.6. The number of hydrogen-bond donors (Lipinski definition) is 2. The molecule has 2 N–H and O–H groups in total. The van der Waals surface area contributed by atoms with Gasteiger partial charge in [0.2, 0.25) is 0 Å². The van der Waals surface area contributed by atoms with Gasteiger partial charge in [-0.2, -0.15) is 0 Å². The molecule has 0 saturated heterocycles. The summed E-state index contributed by atoms with van der Waals surface area (Å²) in [6.45, 7) is 0. The maximum absolute atomic E-state index is 12.6. The third-order valence-electron chi connectivity index (χ3n) is 4.51. The molecular formula is C20H17N5O2. The largest absolute Gasteiger partial charge is 0.372 e. The summed E-state index contributed by atoms with van der Waals surface area (Å²) < 4.78 is 0. The Balaban J connectivity index is 1.82. The number of carbonyl (C=O) groups excluding carboxylic acids is 1. The fraction of sp³-hybridized carbons (Fsp3) is 0.100. The molecule has 0 saturated carbocycles. The zero-order valence-corrected chi connectivity index (χ0v) is 14.9. The van der Waals surface area contributed by atoms with Crippen LogP contribution in [0.4, 0.5) is 11.5 Å². The summed E-state index contributed by atoms with van der Waals surface area (Å²) in [4.78, 5) is 37.9. The number of para-hydroxylation sites is 1. The lowest BCUT2D eigenvalue weighted by atomic mass is 10.0. The van der Waals surface area contributed by atoms with E-state index >= 15 is 0 Å². The lowest BCUT2D eigenvalue weighted by Crippen LogP contribution is -2.20. The van der Waals surface area contributed by atoms with E-state index in [2.05, 4.69) is 20.3 Å². The molecule has 0 atom stereocenters. The van der Waals surface area contributed by atoms with Crippen molar-refractivity contribution in [3.63, 3.8) is 0 Å². The van der Waals surface area contributed by atoms with Gasteiger partial charge in [-0.3, -0.25) is 14.6 Å². The van der Waals surface area contributed by atoms with Gasteiger partial charge in [0.15, 0.2) is 0 Å². The Morgan fingerprint density at radius 1 is 1.19 bits per heavy atom. The highest BCUT2D eigenvalue weighted by Crippen LogP contribution is 2.36. The molecule has 0 bridgehead atoms. The second kappa shape index (κ2) is 6.53. The molecule has 0 aliphatic carbocycles. The number of aromatic nitrogens is 3. The van der Waals surface area contributed by atoms with E-state index < -0.39 is 0 Å². The highest BCUT2D eigenvalue weighted by Gasteiger charge is 2.29. The van der Waals surface area contributed by atoms with Gasteiger partial charge in [0, 0.05) is 37.0 Å². The topological polar surface area (TPSA) is 91.0 Å². The number of hydrogen-bond acceptors (Lipinski definition) is 5. The number of nitrogens with zero attached hydrogens (tertiary/aromatic N) is 3. The van der Waals surface area contributed by atoms with Crippen molar-refractivity contribution in [2.24, 2.45) is 0 Å². The molecule has 0 unspecified atom stereocenters. The number of likely N-dealkylation sites (N-methyl/N-ethyl adjacent to an activating group) is 1. The number of fused-ring (bicyclic) bond motifs is 1. The van der Waals surface area contributed by atoms with Crippen molar-refractivity contribution >= 4 is 29.1 Å². The van der Waals surface area contributed by atoms with Gasteiger partial charge in [-0.15, -0.1) is 0 Å². The molecule has 1 amide bonds. The van der Waals surface area contributed by atoms with Crippen LogP contribution in [0, 0.1) is 0 Å². The molecule has 0 radical (unpaired) electrons. The van der Waals surface area contributed by atoms with Crippen LogP contribution in [0.1, 0.15) is 11.1 Å². The van der Waals surface area contributed by atoms with E-state index in [1.165, 1.54) is 0 Å². The fourth-order valence-corrected chi connectivity index (χ4v) is 3.08. The van der Waals surface area contributed by atoms with Gasteiger partial charge in [0.25, 0.3) is 11.5 Å². The first kappa shape index (κ1) is 16.7. The summed E-state index contributed by atoms with van der Waals surface area (Å²) in [6, 6.07) is 9.23. The van der Waals surface area contributed by atoms with Crippen LogP contribution in [0.5, 0.6) is 0 Å². The number of H-pyrrole nitrogens is 1. The minimum Gasteiger partial charge on any atom is -0.372 e. The van der Waals surface area contributed by atoms with Crippen LogP contribution in [-0.2, 0) is 4.79 Å². The SMILES string of the molecule is CNc1cncc(-c2c[nH]c(=O)c(/C=C3\C(=O)N(C)c4ccccc43)c2)n1. The number of amides is 1. The van der Waals surface area contributed by atoms with Gasteiger partial charge in [0.1, 0.15) is 5.82 Å². The van der Waals surface area contributed by atoms with Crippen LogP contribution < -0.4 is 15.8 Å². The average molecular weight is 359 g/mol. The van der Waals surface area contributed by atoms with Crippen molar-refractivity contribution in [3.05, 3.63) is 70.4 Å². The van der Waals surface area contributed by atoms with E-state index in [1.54, 1.807) is 49.7 Å². The molecule has 1 aromatic carbocycles. The molecular weight excluding hydrogens is 342 g/mol. The second-order valence-electron chi connectivity index (χ2n) is 6.15. The third kappa shape index (κ3) is 2.89.